The van der Waals surface area contributed by atoms with Gasteiger partial charge < -0.3 is 9.47 Å². The summed E-state index contributed by atoms with van der Waals surface area (Å²) in [7, 11) is 0. The third kappa shape index (κ3) is 3.76. The highest BCUT2D eigenvalue weighted by atomic mass is 16.2. The highest BCUT2D eigenvalue weighted by Gasteiger charge is 2.21. The topological polar surface area (TPSA) is 54.3 Å². The second-order valence-electron chi connectivity index (χ2n) is 5.76. The third-order valence-corrected chi connectivity index (χ3v) is 4.36. The first-order chi connectivity index (χ1) is 11.3. The highest BCUT2D eigenvalue weighted by molar-refractivity contribution is 5.94. The molecular formula is C17H23N5O. The van der Waals surface area contributed by atoms with Crippen molar-refractivity contribution >= 4 is 5.91 Å². The fourth-order valence-corrected chi connectivity index (χ4v) is 2.96. The number of pyridine rings is 1. The Morgan fingerprint density at radius 1 is 1.09 bits per heavy atom. The molecule has 3 heterocycles. The lowest BCUT2D eigenvalue weighted by Crippen LogP contribution is -2.49. The van der Waals surface area contributed by atoms with E-state index in [2.05, 4.69) is 26.4 Å². The van der Waals surface area contributed by atoms with Gasteiger partial charge in [0.25, 0.3) is 5.91 Å². The molecule has 2 aromatic rings. The summed E-state index contributed by atoms with van der Waals surface area (Å²) in [6.07, 6.45) is 8.20. The molecule has 1 aliphatic rings. The molecule has 0 N–H and O–H groups in total. The van der Waals surface area contributed by atoms with Gasteiger partial charge >= 0.3 is 0 Å². The van der Waals surface area contributed by atoms with E-state index in [9.17, 15) is 4.79 Å². The van der Waals surface area contributed by atoms with E-state index in [1.807, 2.05) is 17.3 Å². The second kappa shape index (κ2) is 7.37. The molecule has 0 aliphatic carbocycles. The monoisotopic (exact) mass is 313 g/mol. The van der Waals surface area contributed by atoms with Crippen molar-refractivity contribution in [3.8, 4) is 0 Å². The standard InChI is InChI=1S/C17H23N5O/c1-2-16-19-7-8-21(16)12-9-20-10-13-22(14-11-20)17(23)15-3-5-18-6-4-15/h3-8H,2,9-14H2,1H3. The average molecular weight is 313 g/mol. The Bertz CT molecular complexity index is 631. The zero-order valence-corrected chi connectivity index (χ0v) is 13.6. The normalized spacial score (nSPS) is 15.8. The molecule has 1 aliphatic heterocycles. The number of carbonyl (C=O) groups is 1. The van der Waals surface area contributed by atoms with Gasteiger partial charge in [-0.1, -0.05) is 6.92 Å². The maximum Gasteiger partial charge on any atom is 0.254 e. The molecule has 0 radical (unpaired) electrons. The van der Waals surface area contributed by atoms with E-state index >= 15 is 0 Å². The molecule has 6 nitrogen and oxygen atoms in total. The van der Waals surface area contributed by atoms with Gasteiger partial charge in [-0.15, -0.1) is 0 Å². The lowest BCUT2D eigenvalue weighted by molar-refractivity contribution is 0.0633. The minimum Gasteiger partial charge on any atom is -0.336 e. The van der Waals surface area contributed by atoms with Gasteiger partial charge in [0.05, 0.1) is 0 Å². The van der Waals surface area contributed by atoms with E-state index < -0.39 is 0 Å². The second-order valence-corrected chi connectivity index (χ2v) is 5.76. The van der Waals surface area contributed by atoms with Crippen molar-refractivity contribution in [2.45, 2.75) is 19.9 Å². The van der Waals surface area contributed by atoms with E-state index in [1.165, 1.54) is 0 Å². The van der Waals surface area contributed by atoms with E-state index in [0.29, 0.717) is 0 Å². The molecule has 1 amide bonds. The summed E-state index contributed by atoms with van der Waals surface area (Å²) in [5, 5.41) is 0. The molecular weight excluding hydrogens is 290 g/mol. The number of imidazole rings is 1. The van der Waals surface area contributed by atoms with Crippen molar-refractivity contribution in [3.05, 3.63) is 48.3 Å². The Morgan fingerprint density at radius 2 is 1.83 bits per heavy atom. The lowest BCUT2D eigenvalue weighted by Gasteiger charge is -2.34. The Kier molecular flexibility index (Phi) is 5.02. The minimum atomic E-state index is 0.106. The number of aryl methyl sites for hydroxylation is 1. The van der Waals surface area contributed by atoms with Crippen molar-refractivity contribution in [2.24, 2.45) is 0 Å². The van der Waals surface area contributed by atoms with E-state index in [4.69, 9.17) is 0 Å². The number of aromatic nitrogens is 3. The number of rotatable bonds is 5. The van der Waals surface area contributed by atoms with E-state index in [-0.39, 0.29) is 5.91 Å². The fourth-order valence-electron chi connectivity index (χ4n) is 2.96. The summed E-state index contributed by atoms with van der Waals surface area (Å²) in [5.74, 6) is 1.24. The van der Waals surface area contributed by atoms with Crippen LogP contribution in [0.5, 0.6) is 0 Å². The number of piperazine rings is 1. The Balaban J connectivity index is 1.48. The molecule has 0 atom stereocenters. The van der Waals surface area contributed by atoms with Crippen LogP contribution in [0, 0.1) is 0 Å². The summed E-state index contributed by atoms with van der Waals surface area (Å²) in [6.45, 7) is 7.50. The zero-order chi connectivity index (χ0) is 16.1. The first-order valence-corrected chi connectivity index (χ1v) is 8.19. The minimum absolute atomic E-state index is 0.106. The Morgan fingerprint density at radius 3 is 2.52 bits per heavy atom. The van der Waals surface area contributed by atoms with Crippen molar-refractivity contribution in [1.82, 2.24) is 24.3 Å². The van der Waals surface area contributed by atoms with Crippen LogP contribution < -0.4 is 0 Å². The molecule has 0 unspecified atom stereocenters. The largest absolute Gasteiger partial charge is 0.336 e. The smallest absolute Gasteiger partial charge is 0.254 e. The molecule has 23 heavy (non-hydrogen) atoms. The number of amides is 1. The number of nitrogens with zero attached hydrogens (tertiary/aromatic N) is 5. The van der Waals surface area contributed by atoms with Crippen LogP contribution in [0.15, 0.2) is 36.9 Å². The molecule has 0 bridgehead atoms. The van der Waals surface area contributed by atoms with Gasteiger partial charge in [0.1, 0.15) is 5.82 Å². The van der Waals surface area contributed by atoms with Crippen LogP contribution in [0.1, 0.15) is 23.1 Å². The van der Waals surface area contributed by atoms with Crippen molar-refractivity contribution in [1.29, 1.82) is 0 Å². The van der Waals surface area contributed by atoms with Gasteiger partial charge in [-0.25, -0.2) is 4.98 Å². The third-order valence-electron chi connectivity index (χ3n) is 4.36. The summed E-state index contributed by atoms with van der Waals surface area (Å²) in [5.41, 5.74) is 0.722. The van der Waals surface area contributed by atoms with Crippen molar-refractivity contribution in [3.63, 3.8) is 0 Å². The number of hydrogen-bond acceptors (Lipinski definition) is 4. The summed E-state index contributed by atoms with van der Waals surface area (Å²) >= 11 is 0. The molecule has 2 aromatic heterocycles. The van der Waals surface area contributed by atoms with Gasteiger partial charge in [-0.05, 0) is 12.1 Å². The first-order valence-electron chi connectivity index (χ1n) is 8.19. The first kappa shape index (κ1) is 15.7. The van der Waals surface area contributed by atoms with Gasteiger partial charge in [-0.3, -0.25) is 14.7 Å². The van der Waals surface area contributed by atoms with Crippen LogP contribution in [0.4, 0.5) is 0 Å². The fraction of sp³-hybridized carbons (Fsp3) is 0.471. The number of hydrogen-bond donors (Lipinski definition) is 0. The van der Waals surface area contributed by atoms with E-state index in [0.717, 1.165) is 57.1 Å². The van der Waals surface area contributed by atoms with Gasteiger partial charge in [0.2, 0.25) is 0 Å². The predicted molar refractivity (Wildman–Crippen MR) is 88.2 cm³/mol. The molecule has 0 saturated carbocycles. The van der Waals surface area contributed by atoms with Crippen LogP contribution >= 0.6 is 0 Å². The van der Waals surface area contributed by atoms with Crippen molar-refractivity contribution < 1.29 is 4.79 Å². The van der Waals surface area contributed by atoms with Crippen LogP contribution in [-0.2, 0) is 13.0 Å². The van der Waals surface area contributed by atoms with Crippen LogP contribution in [0.25, 0.3) is 0 Å². The molecule has 0 spiro atoms. The zero-order valence-electron chi connectivity index (χ0n) is 13.6. The maximum atomic E-state index is 12.4. The lowest BCUT2D eigenvalue weighted by atomic mass is 10.2. The van der Waals surface area contributed by atoms with Gasteiger partial charge in [-0.2, -0.15) is 0 Å². The molecule has 3 rings (SSSR count). The molecule has 1 saturated heterocycles. The van der Waals surface area contributed by atoms with Crippen molar-refractivity contribution in [2.75, 3.05) is 32.7 Å². The van der Waals surface area contributed by atoms with Crippen LogP contribution in [0.2, 0.25) is 0 Å². The average Bonchev–Trinajstić information content (AvgIpc) is 3.08. The maximum absolute atomic E-state index is 12.4. The SMILES string of the molecule is CCc1nccn1CCN1CCN(C(=O)c2ccncc2)CC1. The number of carbonyl (C=O) groups excluding carboxylic acids is 1. The quantitative estimate of drug-likeness (QED) is 0.835. The Labute approximate surface area is 136 Å². The van der Waals surface area contributed by atoms with Crippen LogP contribution in [-0.4, -0.2) is 63.0 Å². The molecule has 122 valence electrons. The molecule has 1 fully saturated rings. The summed E-state index contributed by atoms with van der Waals surface area (Å²) < 4.78 is 2.22. The Hall–Kier alpha value is -2.21. The van der Waals surface area contributed by atoms with Crippen LogP contribution in [0.3, 0.4) is 0 Å². The van der Waals surface area contributed by atoms with Gasteiger partial charge in [0.15, 0.2) is 0 Å². The highest BCUT2D eigenvalue weighted by Crippen LogP contribution is 2.08. The summed E-state index contributed by atoms with van der Waals surface area (Å²) in [6, 6.07) is 3.56. The predicted octanol–water partition coefficient (Wildman–Crippen LogP) is 1.30. The summed E-state index contributed by atoms with van der Waals surface area (Å²) in [4.78, 5) is 25.1. The molecule has 6 heteroatoms. The van der Waals surface area contributed by atoms with E-state index in [1.54, 1.807) is 24.5 Å². The van der Waals surface area contributed by atoms with Gasteiger partial charge in [0, 0.05) is 76.0 Å². The molecule has 0 aromatic carbocycles.